The Hall–Kier alpha value is -4.40. The molecule has 6 rings (SSSR count). The standard InChI is InChI=1S/C33H28ClN5O2S/c1-22-14-16-25(17-15-22)39-33-30(31(37-39)23-9-3-2-4-10-23)32(26-12-5-6-13-27(26)34)42-21-29(41)38(33)20-28(40)36-19-24-11-7-8-18-35-24/h2-18,32H,19-21H2,1H3,(H,36,40)/t32-/m0/s1. The molecule has 0 spiro atoms. The predicted molar refractivity (Wildman–Crippen MR) is 168 cm³/mol. The lowest BCUT2D eigenvalue weighted by Crippen LogP contribution is -2.42. The number of aryl methyl sites for hydroxylation is 1. The number of pyridine rings is 1. The van der Waals surface area contributed by atoms with Crippen LogP contribution in [0.15, 0.2) is 103 Å². The predicted octanol–water partition coefficient (Wildman–Crippen LogP) is 6.38. The fourth-order valence-corrected chi connectivity index (χ4v) is 6.56. The van der Waals surface area contributed by atoms with Gasteiger partial charge < -0.3 is 5.32 Å². The smallest absolute Gasteiger partial charge is 0.240 e. The van der Waals surface area contributed by atoms with Crippen molar-refractivity contribution in [3.05, 3.63) is 131 Å². The highest BCUT2D eigenvalue weighted by Crippen LogP contribution is 2.49. The zero-order chi connectivity index (χ0) is 29.1. The van der Waals surface area contributed by atoms with Crippen molar-refractivity contribution < 1.29 is 9.59 Å². The van der Waals surface area contributed by atoms with E-state index in [1.165, 1.54) is 11.8 Å². The average molecular weight is 594 g/mol. The maximum atomic E-state index is 13.9. The Labute approximate surface area is 253 Å². The molecule has 1 aliphatic rings. The summed E-state index contributed by atoms with van der Waals surface area (Å²) in [5.74, 6) is 0.251. The molecule has 1 aliphatic heterocycles. The molecule has 210 valence electrons. The van der Waals surface area contributed by atoms with Crippen LogP contribution in [0.1, 0.15) is 27.6 Å². The maximum absolute atomic E-state index is 13.9. The van der Waals surface area contributed by atoms with Crippen LogP contribution in [-0.4, -0.2) is 38.9 Å². The topological polar surface area (TPSA) is 80.1 Å². The molecule has 0 saturated carbocycles. The van der Waals surface area contributed by atoms with Gasteiger partial charge in [0.25, 0.3) is 0 Å². The Bertz CT molecular complexity index is 1730. The molecule has 42 heavy (non-hydrogen) atoms. The minimum absolute atomic E-state index is 0.166. The fraction of sp³-hybridized carbons (Fsp3) is 0.152. The van der Waals surface area contributed by atoms with Crippen LogP contribution in [0.2, 0.25) is 5.02 Å². The summed E-state index contributed by atoms with van der Waals surface area (Å²) in [6, 6.07) is 31.1. The van der Waals surface area contributed by atoms with Gasteiger partial charge in [-0.05, 0) is 42.8 Å². The van der Waals surface area contributed by atoms with Crippen LogP contribution in [0.25, 0.3) is 16.9 Å². The normalized spacial score (nSPS) is 14.8. The van der Waals surface area contributed by atoms with Crippen LogP contribution >= 0.6 is 23.4 Å². The van der Waals surface area contributed by atoms with Gasteiger partial charge in [-0.1, -0.05) is 83.9 Å². The number of hydrogen-bond donors (Lipinski definition) is 1. The van der Waals surface area contributed by atoms with Gasteiger partial charge in [-0.3, -0.25) is 19.5 Å². The number of nitrogens with zero attached hydrogens (tertiary/aromatic N) is 4. The first-order chi connectivity index (χ1) is 20.5. The molecule has 1 N–H and O–H groups in total. The maximum Gasteiger partial charge on any atom is 0.240 e. The Kier molecular flexibility index (Phi) is 8.08. The van der Waals surface area contributed by atoms with Crippen LogP contribution in [0, 0.1) is 6.92 Å². The highest BCUT2D eigenvalue weighted by molar-refractivity contribution is 8.00. The first kappa shape index (κ1) is 27.8. The molecule has 7 nitrogen and oxygen atoms in total. The van der Waals surface area contributed by atoms with E-state index >= 15 is 0 Å². The minimum Gasteiger partial charge on any atom is -0.349 e. The summed E-state index contributed by atoms with van der Waals surface area (Å²) in [7, 11) is 0. The second-order valence-corrected chi connectivity index (χ2v) is 11.5. The van der Waals surface area contributed by atoms with Crippen molar-refractivity contribution in [1.82, 2.24) is 20.1 Å². The summed E-state index contributed by atoms with van der Waals surface area (Å²) in [5, 5.41) is 8.35. The van der Waals surface area contributed by atoms with Crippen molar-refractivity contribution in [2.75, 3.05) is 17.2 Å². The van der Waals surface area contributed by atoms with Gasteiger partial charge in [0.05, 0.1) is 34.6 Å². The summed E-state index contributed by atoms with van der Waals surface area (Å²) in [5.41, 5.74) is 5.99. The van der Waals surface area contributed by atoms with Crippen molar-refractivity contribution in [2.45, 2.75) is 18.7 Å². The molecule has 9 heteroatoms. The van der Waals surface area contributed by atoms with Gasteiger partial charge >= 0.3 is 0 Å². The monoisotopic (exact) mass is 593 g/mol. The van der Waals surface area contributed by atoms with E-state index < -0.39 is 0 Å². The molecule has 3 aromatic carbocycles. The van der Waals surface area contributed by atoms with Gasteiger partial charge in [0.2, 0.25) is 11.8 Å². The highest BCUT2D eigenvalue weighted by atomic mass is 35.5. The molecule has 0 saturated heterocycles. The molecule has 0 bridgehead atoms. The Morgan fingerprint density at radius 1 is 0.976 bits per heavy atom. The second-order valence-electron chi connectivity index (χ2n) is 9.99. The summed E-state index contributed by atoms with van der Waals surface area (Å²) < 4.78 is 1.79. The van der Waals surface area contributed by atoms with Crippen molar-refractivity contribution in [3.8, 4) is 16.9 Å². The third-order valence-electron chi connectivity index (χ3n) is 7.10. The number of hydrogen-bond acceptors (Lipinski definition) is 5. The Balaban J connectivity index is 1.52. The summed E-state index contributed by atoms with van der Waals surface area (Å²) >= 11 is 8.26. The molecule has 3 heterocycles. The van der Waals surface area contributed by atoms with Crippen molar-refractivity contribution >= 4 is 41.0 Å². The zero-order valence-electron chi connectivity index (χ0n) is 22.9. The number of aromatic nitrogens is 3. The van der Waals surface area contributed by atoms with Crippen LogP contribution in [0.5, 0.6) is 0 Å². The third kappa shape index (κ3) is 5.68. The zero-order valence-corrected chi connectivity index (χ0v) is 24.5. The van der Waals surface area contributed by atoms with Gasteiger partial charge in [-0.15, -0.1) is 11.8 Å². The molecule has 5 aromatic rings. The van der Waals surface area contributed by atoms with Gasteiger partial charge in [-0.2, -0.15) is 5.10 Å². The van der Waals surface area contributed by atoms with Crippen LogP contribution in [0.3, 0.4) is 0 Å². The quantitative estimate of drug-likeness (QED) is 0.237. The van der Waals surface area contributed by atoms with E-state index in [9.17, 15) is 9.59 Å². The van der Waals surface area contributed by atoms with Crippen molar-refractivity contribution in [1.29, 1.82) is 0 Å². The van der Waals surface area contributed by atoms with Crippen molar-refractivity contribution in [2.24, 2.45) is 0 Å². The van der Waals surface area contributed by atoms with E-state index in [1.54, 1.807) is 15.8 Å². The number of amides is 2. The fourth-order valence-electron chi connectivity index (χ4n) is 5.02. The van der Waals surface area contributed by atoms with Crippen molar-refractivity contribution in [3.63, 3.8) is 0 Å². The molecule has 2 amide bonds. The lowest BCUT2D eigenvalue weighted by atomic mass is 9.99. The largest absolute Gasteiger partial charge is 0.349 e. The first-order valence-electron chi connectivity index (χ1n) is 13.6. The SMILES string of the molecule is Cc1ccc(-n2nc(-c3ccccc3)c3c2N(CC(=O)NCc2ccccn2)C(=O)CS[C@H]3c2ccccc2Cl)cc1. The van der Waals surface area contributed by atoms with Gasteiger partial charge in [0.1, 0.15) is 12.4 Å². The van der Waals surface area contributed by atoms with E-state index in [1.807, 2.05) is 104 Å². The number of carbonyl (C=O) groups excluding carboxylic acids is 2. The first-order valence-corrected chi connectivity index (χ1v) is 15.0. The van der Waals surface area contributed by atoms with E-state index in [-0.39, 0.29) is 35.9 Å². The summed E-state index contributed by atoms with van der Waals surface area (Å²) in [6.45, 7) is 2.12. The molecule has 2 aromatic heterocycles. The number of halogens is 1. The van der Waals surface area contributed by atoms with Crippen LogP contribution < -0.4 is 10.2 Å². The lowest BCUT2D eigenvalue weighted by Gasteiger charge is -2.23. The van der Waals surface area contributed by atoms with Crippen LogP contribution in [-0.2, 0) is 16.1 Å². The molecular formula is C33H28ClN5O2S. The van der Waals surface area contributed by atoms with Gasteiger partial charge in [-0.25, -0.2) is 4.68 Å². The van der Waals surface area contributed by atoms with Crippen LogP contribution in [0.4, 0.5) is 5.82 Å². The summed E-state index contributed by atoms with van der Waals surface area (Å²) in [4.78, 5) is 33.1. The Morgan fingerprint density at radius 3 is 2.45 bits per heavy atom. The molecular weight excluding hydrogens is 566 g/mol. The number of anilines is 1. The number of nitrogens with one attached hydrogen (secondary N) is 1. The summed E-state index contributed by atoms with van der Waals surface area (Å²) in [6.07, 6.45) is 1.68. The third-order valence-corrected chi connectivity index (χ3v) is 8.68. The highest BCUT2D eigenvalue weighted by Gasteiger charge is 2.38. The lowest BCUT2D eigenvalue weighted by molar-refractivity contribution is -0.123. The minimum atomic E-state index is -0.298. The van der Waals surface area contributed by atoms with Gasteiger partial charge in [0, 0.05) is 22.3 Å². The number of fused-ring (bicyclic) bond motifs is 1. The number of carbonyl (C=O) groups is 2. The van der Waals surface area contributed by atoms with E-state index in [0.717, 1.165) is 39.3 Å². The molecule has 0 fully saturated rings. The average Bonchev–Trinajstić information content (AvgIpc) is 3.34. The molecule has 0 aliphatic carbocycles. The van der Waals surface area contributed by atoms with E-state index in [0.29, 0.717) is 10.8 Å². The second kappa shape index (κ2) is 12.2. The Morgan fingerprint density at radius 2 is 1.71 bits per heavy atom. The number of benzene rings is 3. The number of thioether (sulfide) groups is 1. The molecule has 0 unspecified atom stereocenters. The molecule has 0 radical (unpaired) electrons. The van der Waals surface area contributed by atoms with E-state index in [2.05, 4.69) is 10.3 Å². The number of rotatable bonds is 7. The van der Waals surface area contributed by atoms with Gasteiger partial charge in [0.15, 0.2) is 0 Å². The van der Waals surface area contributed by atoms with E-state index in [4.69, 9.17) is 16.7 Å². The molecule has 1 atom stereocenters.